The number of halogens is 2. The maximum absolute atomic E-state index is 13.8. The Balaban J connectivity index is 1.33. The van der Waals surface area contributed by atoms with E-state index in [-0.39, 0.29) is 6.10 Å². The van der Waals surface area contributed by atoms with Gasteiger partial charge in [0, 0.05) is 49.6 Å². The maximum atomic E-state index is 13.8. The Morgan fingerprint density at radius 1 is 1.12 bits per heavy atom. The van der Waals surface area contributed by atoms with E-state index in [0.29, 0.717) is 18.0 Å². The molecule has 3 heterocycles. The zero-order valence-electron chi connectivity index (χ0n) is 13.6. The van der Waals surface area contributed by atoms with Gasteiger partial charge in [0.05, 0.1) is 6.20 Å². The Bertz CT molecular complexity index is 874. The highest BCUT2D eigenvalue weighted by Gasteiger charge is 2.22. The number of likely N-dealkylation sites (tertiary alicyclic amines) is 1. The summed E-state index contributed by atoms with van der Waals surface area (Å²) in [5.41, 5.74) is 1.27. The van der Waals surface area contributed by atoms with Gasteiger partial charge in [0.25, 0.3) is 0 Å². The van der Waals surface area contributed by atoms with Gasteiger partial charge in [0.2, 0.25) is 5.88 Å². The molecule has 0 atom stereocenters. The van der Waals surface area contributed by atoms with Crippen molar-refractivity contribution < 1.29 is 13.5 Å². The number of rotatable bonds is 4. The van der Waals surface area contributed by atoms with Gasteiger partial charge in [-0.1, -0.05) is 6.07 Å². The van der Waals surface area contributed by atoms with Crippen LogP contribution >= 0.6 is 0 Å². The molecule has 1 aliphatic heterocycles. The minimum absolute atomic E-state index is 0.0900. The molecular weight excluding hydrogens is 326 g/mol. The van der Waals surface area contributed by atoms with E-state index in [4.69, 9.17) is 4.74 Å². The fraction of sp³-hybridized carbons (Fsp3) is 0.333. The summed E-state index contributed by atoms with van der Waals surface area (Å²) >= 11 is 0. The second-order valence-electron chi connectivity index (χ2n) is 6.23. The van der Waals surface area contributed by atoms with E-state index in [1.807, 2.05) is 12.3 Å². The summed E-state index contributed by atoms with van der Waals surface area (Å²) in [6.07, 6.45) is 5.29. The van der Waals surface area contributed by atoms with E-state index < -0.39 is 11.6 Å². The first-order valence-electron chi connectivity index (χ1n) is 8.31. The summed E-state index contributed by atoms with van der Waals surface area (Å²) in [6.45, 7) is 2.09. The van der Waals surface area contributed by atoms with Crippen molar-refractivity contribution in [2.75, 3.05) is 13.1 Å². The Kier molecular flexibility index (Phi) is 4.31. The zero-order chi connectivity index (χ0) is 17.2. The first-order valence-corrected chi connectivity index (χ1v) is 8.31. The summed E-state index contributed by atoms with van der Waals surface area (Å²) in [6, 6.07) is 7.38. The van der Waals surface area contributed by atoms with Gasteiger partial charge in [-0.25, -0.2) is 13.3 Å². The summed E-state index contributed by atoms with van der Waals surface area (Å²) in [5.74, 6) is -0.441. The predicted octanol–water partition coefficient (Wildman–Crippen LogP) is 3.05. The number of ether oxygens (including phenoxy) is 1. The second kappa shape index (κ2) is 6.76. The van der Waals surface area contributed by atoms with Crippen molar-refractivity contribution in [1.29, 1.82) is 0 Å². The second-order valence-corrected chi connectivity index (χ2v) is 6.23. The van der Waals surface area contributed by atoms with Crippen LogP contribution in [0.4, 0.5) is 8.78 Å². The van der Waals surface area contributed by atoms with Crippen LogP contribution < -0.4 is 4.74 Å². The molecule has 3 aromatic rings. The van der Waals surface area contributed by atoms with Crippen LogP contribution in [-0.4, -0.2) is 38.7 Å². The number of aromatic nitrogens is 3. The van der Waals surface area contributed by atoms with E-state index in [2.05, 4.69) is 15.0 Å². The van der Waals surface area contributed by atoms with Crippen molar-refractivity contribution in [2.45, 2.75) is 25.5 Å². The molecule has 4 rings (SSSR count). The van der Waals surface area contributed by atoms with Crippen molar-refractivity contribution in [1.82, 2.24) is 19.5 Å². The van der Waals surface area contributed by atoms with Crippen LogP contribution in [0.15, 0.2) is 42.7 Å². The Morgan fingerprint density at radius 2 is 1.96 bits per heavy atom. The molecular formula is C18H18F2N4O. The summed E-state index contributed by atoms with van der Waals surface area (Å²) in [5, 5.41) is 4.11. The van der Waals surface area contributed by atoms with Crippen molar-refractivity contribution in [3.05, 3.63) is 59.9 Å². The van der Waals surface area contributed by atoms with Gasteiger partial charge in [0.15, 0.2) is 5.65 Å². The largest absolute Gasteiger partial charge is 0.474 e. The molecule has 0 bridgehead atoms. The number of benzene rings is 1. The molecule has 0 radical (unpaired) electrons. The molecule has 0 N–H and O–H groups in total. The molecule has 0 amide bonds. The van der Waals surface area contributed by atoms with E-state index in [9.17, 15) is 8.78 Å². The number of hydrogen-bond acceptors (Lipinski definition) is 4. The fourth-order valence-corrected chi connectivity index (χ4v) is 3.11. The maximum Gasteiger partial charge on any atom is 0.217 e. The minimum Gasteiger partial charge on any atom is -0.474 e. The Hall–Kier alpha value is -2.54. The van der Waals surface area contributed by atoms with Crippen LogP contribution in [0.5, 0.6) is 5.88 Å². The Labute approximate surface area is 143 Å². The molecule has 7 heteroatoms. The van der Waals surface area contributed by atoms with Crippen LogP contribution in [0.2, 0.25) is 0 Å². The molecule has 1 fully saturated rings. The van der Waals surface area contributed by atoms with E-state index in [0.717, 1.165) is 37.6 Å². The van der Waals surface area contributed by atoms with Gasteiger partial charge in [-0.2, -0.15) is 10.1 Å². The van der Waals surface area contributed by atoms with Crippen molar-refractivity contribution in [2.24, 2.45) is 0 Å². The van der Waals surface area contributed by atoms with Crippen molar-refractivity contribution in [3.63, 3.8) is 0 Å². The SMILES string of the molecule is Fc1ccc(CN2CCC(Oc3ccn4nccc4n3)CC2)c(F)c1. The lowest BCUT2D eigenvalue weighted by molar-refractivity contribution is 0.0927. The summed E-state index contributed by atoms with van der Waals surface area (Å²) in [4.78, 5) is 6.57. The smallest absolute Gasteiger partial charge is 0.217 e. The molecule has 2 aromatic heterocycles. The van der Waals surface area contributed by atoms with Crippen molar-refractivity contribution >= 4 is 5.65 Å². The van der Waals surface area contributed by atoms with Gasteiger partial charge < -0.3 is 4.74 Å². The van der Waals surface area contributed by atoms with Crippen molar-refractivity contribution in [3.8, 4) is 5.88 Å². The first kappa shape index (κ1) is 16.0. The summed E-state index contributed by atoms with van der Waals surface area (Å²) < 4.78 is 34.4. The van der Waals surface area contributed by atoms with Crippen LogP contribution in [0.25, 0.3) is 5.65 Å². The highest BCUT2D eigenvalue weighted by molar-refractivity contribution is 5.37. The number of nitrogens with zero attached hydrogens (tertiary/aromatic N) is 4. The lowest BCUT2D eigenvalue weighted by Gasteiger charge is -2.31. The van der Waals surface area contributed by atoms with E-state index >= 15 is 0 Å². The molecule has 0 aliphatic carbocycles. The lowest BCUT2D eigenvalue weighted by Crippen LogP contribution is -2.38. The topological polar surface area (TPSA) is 42.7 Å². The predicted molar refractivity (Wildman–Crippen MR) is 88.3 cm³/mol. The average molecular weight is 344 g/mol. The monoisotopic (exact) mass is 344 g/mol. The fourth-order valence-electron chi connectivity index (χ4n) is 3.11. The molecule has 0 unspecified atom stereocenters. The molecule has 5 nitrogen and oxygen atoms in total. The molecule has 130 valence electrons. The molecule has 1 aliphatic rings. The van der Waals surface area contributed by atoms with Gasteiger partial charge in [-0.05, 0) is 18.9 Å². The third-order valence-electron chi connectivity index (χ3n) is 4.46. The minimum atomic E-state index is -0.545. The zero-order valence-corrected chi connectivity index (χ0v) is 13.6. The van der Waals surface area contributed by atoms with Gasteiger partial charge >= 0.3 is 0 Å². The van der Waals surface area contributed by atoms with Crippen LogP contribution in [0.1, 0.15) is 18.4 Å². The number of piperidine rings is 1. The van der Waals surface area contributed by atoms with E-state index in [1.54, 1.807) is 16.8 Å². The van der Waals surface area contributed by atoms with Crippen LogP contribution in [0, 0.1) is 11.6 Å². The van der Waals surface area contributed by atoms with Crippen LogP contribution in [0.3, 0.4) is 0 Å². The van der Waals surface area contributed by atoms with Gasteiger partial charge in [-0.15, -0.1) is 0 Å². The molecule has 1 saturated heterocycles. The van der Waals surface area contributed by atoms with Gasteiger partial charge in [0.1, 0.15) is 17.7 Å². The lowest BCUT2D eigenvalue weighted by atomic mass is 10.1. The average Bonchev–Trinajstić information content (AvgIpc) is 3.07. The normalized spacial score (nSPS) is 16.4. The molecule has 25 heavy (non-hydrogen) atoms. The highest BCUT2D eigenvalue weighted by atomic mass is 19.1. The quantitative estimate of drug-likeness (QED) is 0.730. The molecule has 1 aromatic carbocycles. The van der Waals surface area contributed by atoms with Crippen LogP contribution in [-0.2, 0) is 6.54 Å². The molecule has 0 saturated carbocycles. The third kappa shape index (κ3) is 3.61. The molecule has 0 spiro atoms. The highest BCUT2D eigenvalue weighted by Crippen LogP contribution is 2.20. The first-order chi connectivity index (χ1) is 12.2. The standard InChI is InChI=1S/C18H18F2N4O/c19-14-2-1-13(16(20)11-14)12-23-8-4-15(5-9-23)25-18-6-10-24-17(22-18)3-7-21-24/h1-3,6-7,10-11,15H,4-5,8-9,12H2. The third-order valence-corrected chi connectivity index (χ3v) is 4.46. The van der Waals surface area contributed by atoms with Gasteiger partial charge in [-0.3, -0.25) is 4.90 Å². The number of fused-ring (bicyclic) bond motifs is 1. The summed E-state index contributed by atoms with van der Waals surface area (Å²) in [7, 11) is 0. The van der Waals surface area contributed by atoms with E-state index in [1.165, 1.54) is 12.1 Å². The Morgan fingerprint density at radius 3 is 2.76 bits per heavy atom. The number of hydrogen-bond donors (Lipinski definition) is 0.